The van der Waals surface area contributed by atoms with Gasteiger partial charge in [0.1, 0.15) is 0 Å². The highest BCUT2D eigenvalue weighted by Gasteiger charge is 2.40. The van der Waals surface area contributed by atoms with E-state index in [4.69, 9.17) is 10.8 Å². The molecule has 0 bridgehead atoms. The molecule has 2 atom stereocenters. The number of rotatable bonds is 2. The SMILES string of the molecule is NC(=O)C1CC1CO. The van der Waals surface area contributed by atoms with Crippen LogP contribution in [0.3, 0.4) is 0 Å². The molecule has 1 aliphatic rings. The van der Waals surface area contributed by atoms with Gasteiger partial charge in [-0.3, -0.25) is 4.79 Å². The molecule has 0 saturated heterocycles. The van der Waals surface area contributed by atoms with Gasteiger partial charge in [-0.25, -0.2) is 0 Å². The van der Waals surface area contributed by atoms with Crippen LogP contribution in [0.1, 0.15) is 6.42 Å². The highest BCUT2D eigenvalue weighted by Crippen LogP contribution is 2.36. The van der Waals surface area contributed by atoms with Gasteiger partial charge >= 0.3 is 0 Å². The van der Waals surface area contributed by atoms with E-state index in [2.05, 4.69) is 0 Å². The molecule has 3 heteroatoms. The van der Waals surface area contributed by atoms with Gasteiger partial charge in [0.15, 0.2) is 0 Å². The van der Waals surface area contributed by atoms with Crippen molar-refractivity contribution < 1.29 is 9.90 Å². The molecule has 3 N–H and O–H groups in total. The summed E-state index contributed by atoms with van der Waals surface area (Å²) in [6.07, 6.45) is 0.784. The second-order valence-corrected chi connectivity index (χ2v) is 2.19. The van der Waals surface area contributed by atoms with Gasteiger partial charge in [0.05, 0.1) is 0 Å². The third-order valence-electron chi connectivity index (χ3n) is 1.52. The molecule has 0 spiro atoms. The highest BCUT2D eigenvalue weighted by atomic mass is 16.3. The maximum Gasteiger partial charge on any atom is 0.220 e. The van der Waals surface area contributed by atoms with Gasteiger partial charge in [-0.1, -0.05) is 0 Å². The van der Waals surface area contributed by atoms with Crippen LogP contribution in [0.4, 0.5) is 0 Å². The Bertz CT molecular complexity index is 113. The topological polar surface area (TPSA) is 63.3 Å². The van der Waals surface area contributed by atoms with Crippen LogP contribution in [-0.2, 0) is 4.79 Å². The maximum absolute atomic E-state index is 10.2. The summed E-state index contributed by atoms with van der Waals surface area (Å²) in [5, 5.41) is 8.42. The predicted octanol–water partition coefficient (Wildman–Crippen LogP) is -0.900. The lowest BCUT2D eigenvalue weighted by atomic mass is 10.3. The fourth-order valence-corrected chi connectivity index (χ4v) is 0.798. The normalized spacial score (nSPS) is 34.6. The van der Waals surface area contributed by atoms with Gasteiger partial charge < -0.3 is 10.8 Å². The first kappa shape index (κ1) is 5.56. The number of aliphatic hydroxyl groups excluding tert-OH is 1. The summed E-state index contributed by atoms with van der Waals surface area (Å²) < 4.78 is 0. The molecule has 0 radical (unpaired) electrons. The smallest absolute Gasteiger partial charge is 0.220 e. The maximum atomic E-state index is 10.2. The quantitative estimate of drug-likeness (QED) is 0.490. The van der Waals surface area contributed by atoms with E-state index in [1.807, 2.05) is 0 Å². The van der Waals surface area contributed by atoms with E-state index in [-0.39, 0.29) is 24.3 Å². The Labute approximate surface area is 47.5 Å². The van der Waals surface area contributed by atoms with E-state index < -0.39 is 0 Å². The lowest BCUT2D eigenvalue weighted by Gasteiger charge is -1.85. The Balaban J connectivity index is 2.26. The molecule has 0 aromatic heterocycles. The minimum absolute atomic E-state index is 0.0278. The summed E-state index contributed by atoms with van der Waals surface area (Å²) in [6.45, 7) is 0.105. The zero-order chi connectivity index (χ0) is 6.15. The molecule has 1 saturated carbocycles. The third-order valence-corrected chi connectivity index (χ3v) is 1.52. The molecular formula is C5H9NO2. The zero-order valence-electron chi connectivity index (χ0n) is 4.50. The van der Waals surface area contributed by atoms with Crippen LogP contribution in [0.2, 0.25) is 0 Å². The van der Waals surface area contributed by atoms with Crippen LogP contribution in [0, 0.1) is 11.8 Å². The molecule has 1 amide bonds. The molecular weight excluding hydrogens is 106 g/mol. The number of primary amides is 1. The first-order valence-corrected chi connectivity index (χ1v) is 2.66. The van der Waals surface area contributed by atoms with Crippen molar-refractivity contribution in [1.29, 1.82) is 0 Å². The summed E-state index contributed by atoms with van der Waals surface area (Å²) in [5.74, 6) is -0.128. The van der Waals surface area contributed by atoms with Crippen molar-refractivity contribution in [2.75, 3.05) is 6.61 Å². The molecule has 8 heavy (non-hydrogen) atoms. The summed E-state index contributed by atoms with van der Waals surface area (Å²) in [7, 11) is 0. The largest absolute Gasteiger partial charge is 0.396 e. The average Bonchev–Trinajstić information content (AvgIpc) is 2.42. The Morgan fingerprint density at radius 1 is 1.88 bits per heavy atom. The number of amides is 1. The van der Waals surface area contributed by atoms with E-state index in [1.165, 1.54) is 0 Å². The second-order valence-electron chi connectivity index (χ2n) is 2.19. The zero-order valence-corrected chi connectivity index (χ0v) is 4.50. The van der Waals surface area contributed by atoms with Gasteiger partial charge in [0.2, 0.25) is 5.91 Å². The monoisotopic (exact) mass is 115 g/mol. The fourth-order valence-electron chi connectivity index (χ4n) is 0.798. The van der Waals surface area contributed by atoms with Crippen LogP contribution in [-0.4, -0.2) is 17.6 Å². The molecule has 0 aromatic rings. The van der Waals surface area contributed by atoms with Crippen LogP contribution in [0.5, 0.6) is 0 Å². The standard InChI is InChI=1S/C5H9NO2/c6-5(8)4-1-3(4)2-7/h3-4,7H,1-2H2,(H2,6,8). The number of carbonyl (C=O) groups is 1. The molecule has 0 aliphatic heterocycles. The minimum Gasteiger partial charge on any atom is -0.396 e. The van der Waals surface area contributed by atoms with E-state index >= 15 is 0 Å². The molecule has 1 fully saturated rings. The average molecular weight is 115 g/mol. The first-order valence-electron chi connectivity index (χ1n) is 2.66. The number of nitrogens with two attached hydrogens (primary N) is 1. The molecule has 1 aliphatic carbocycles. The molecule has 1 rings (SSSR count). The Kier molecular flexibility index (Phi) is 1.21. The summed E-state index contributed by atoms with van der Waals surface area (Å²) in [5.41, 5.74) is 4.91. The summed E-state index contributed by atoms with van der Waals surface area (Å²) in [4.78, 5) is 10.2. The lowest BCUT2D eigenvalue weighted by Crippen LogP contribution is -2.14. The van der Waals surface area contributed by atoms with Gasteiger partial charge in [-0.05, 0) is 12.3 Å². The lowest BCUT2D eigenvalue weighted by molar-refractivity contribution is -0.119. The van der Waals surface area contributed by atoms with Crippen molar-refractivity contribution in [2.45, 2.75) is 6.42 Å². The van der Waals surface area contributed by atoms with Gasteiger partial charge in [-0.2, -0.15) is 0 Å². The van der Waals surface area contributed by atoms with Crippen LogP contribution < -0.4 is 5.73 Å². The van der Waals surface area contributed by atoms with E-state index in [0.717, 1.165) is 6.42 Å². The Hall–Kier alpha value is -0.570. The van der Waals surface area contributed by atoms with Gasteiger partial charge in [0.25, 0.3) is 0 Å². The number of carbonyl (C=O) groups excluding carboxylic acids is 1. The first-order chi connectivity index (χ1) is 3.75. The van der Waals surface area contributed by atoms with E-state index in [9.17, 15) is 4.79 Å². The number of hydrogen-bond donors (Lipinski definition) is 2. The number of hydrogen-bond acceptors (Lipinski definition) is 2. The molecule has 0 aromatic carbocycles. The van der Waals surface area contributed by atoms with E-state index in [0.29, 0.717) is 0 Å². The van der Waals surface area contributed by atoms with Crippen molar-refractivity contribution in [1.82, 2.24) is 0 Å². The summed E-state index contributed by atoms with van der Waals surface area (Å²) in [6, 6.07) is 0. The Morgan fingerprint density at radius 2 is 2.50 bits per heavy atom. The Morgan fingerprint density at radius 3 is 2.62 bits per heavy atom. The van der Waals surface area contributed by atoms with Crippen molar-refractivity contribution in [3.8, 4) is 0 Å². The van der Waals surface area contributed by atoms with Crippen LogP contribution >= 0.6 is 0 Å². The van der Waals surface area contributed by atoms with Gasteiger partial charge in [-0.15, -0.1) is 0 Å². The number of aliphatic hydroxyl groups is 1. The van der Waals surface area contributed by atoms with Gasteiger partial charge in [0, 0.05) is 12.5 Å². The third kappa shape index (κ3) is 0.816. The summed E-state index contributed by atoms with van der Waals surface area (Å²) >= 11 is 0. The minimum atomic E-state index is -0.274. The molecule has 3 nitrogen and oxygen atoms in total. The van der Waals surface area contributed by atoms with Crippen molar-refractivity contribution in [3.05, 3.63) is 0 Å². The van der Waals surface area contributed by atoms with Crippen molar-refractivity contribution >= 4 is 5.91 Å². The van der Waals surface area contributed by atoms with Crippen LogP contribution in [0.15, 0.2) is 0 Å². The molecule has 2 unspecified atom stereocenters. The van der Waals surface area contributed by atoms with E-state index in [1.54, 1.807) is 0 Å². The molecule has 0 heterocycles. The predicted molar refractivity (Wildman–Crippen MR) is 27.9 cm³/mol. The van der Waals surface area contributed by atoms with Crippen molar-refractivity contribution in [3.63, 3.8) is 0 Å². The highest BCUT2D eigenvalue weighted by molar-refractivity contribution is 5.79. The second kappa shape index (κ2) is 1.74. The van der Waals surface area contributed by atoms with Crippen LogP contribution in [0.25, 0.3) is 0 Å². The fraction of sp³-hybridized carbons (Fsp3) is 0.800. The van der Waals surface area contributed by atoms with Crippen molar-refractivity contribution in [2.24, 2.45) is 17.6 Å². The molecule has 46 valence electrons.